The Balaban J connectivity index is 2.03. The summed E-state index contributed by atoms with van der Waals surface area (Å²) in [4.78, 5) is 11.8. The molecule has 0 atom stereocenters. The van der Waals surface area contributed by atoms with Gasteiger partial charge in [0.25, 0.3) is 0 Å². The SMILES string of the molecule is Cc1cc(Cl)ccc1S(=O)(=O)NCC(=O)Nc1cccc(F)c1. The van der Waals surface area contributed by atoms with Crippen molar-refractivity contribution in [2.75, 3.05) is 11.9 Å². The number of hydrogen-bond donors (Lipinski definition) is 2. The molecule has 0 radical (unpaired) electrons. The lowest BCUT2D eigenvalue weighted by Crippen LogP contribution is -2.33. The first-order valence-electron chi connectivity index (χ1n) is 6.59. The highest BCUT2D eigenvalue weighted by Crippen LogP contribution is 2.19. The van der Waals surface area contributed by atoms with E-state index in [1.165, 1.54) is 36.4 Å². The van der Waals surface area contributed by atoms with E-state index in [1.54, 1.807) is 6.92 Å². The highest BCUT2D eigenvalue weighted by atomic mass is 35.5. The number of hydrogen-bond acceptors (Lipinski definition) is 3. The van der Waals surface area contributed by atoms with Crippen molar-refractivity contribution in [3.05, 3.63) is 58.9 Å². The normalized spacial score (nSPS) is 11.3. The third-order valence-corrected chi connectivity index (χ3v) is 4.75. The molecule has 0 saturated carbocycles. The molecule has 2 N–H and O–H groups in total. The quantitative estimate of drug-likeness (QED) is 0.864. The highest BCUT2D eigenvalue weighted by molar-refractivity contribution is 7.89. The molecule has 0 heterocycles. The lowest BCUT2D eigenvalue weighted by molar-refractivity contribution is -0.115. The Morgan fingerprint density at radius 1 is 1.22 bits per heavy atom. The largest absolute Gasteiger partial charge is 0.325 e. The zero-order valence-electron chi connectivity index (χ0n) is 12.1. The highest BCUT2D eigenvalue weighted by Gasteiger charge is 2.18. The van der Waals surface area contributed by atoms with Crippen LogP contribution in [0, 0.1) is 12.7 Å². The number of carbonyl (C=O) groups excluding carboxylic acids is 1. The van der Waals surface area contributed by atoms with Crippen LogP contribution in [0.4, 0.5) is 10.1 Å². The van der Waals surface area contributed by atoms with Gasteiger partial charge in [-0.3, -0.25) is 4.79 Å². The van der Waals surface area contributed by atoms with E-state index in [0.717, 1.165) is 6.07 Å². The Labute approximate surface area is 138 Å². The standard InChI is InChI=1S/C15H14ClFN2O3S/c1-10-7-11(16)5-6-14(10)23(21,22)18-9-15(20)19-13-4-2-3-12(17)8-13/h2-8,18H,9H2,1H3,(H,19,20). The maximum absolute atomic E-state index is 13.0. The molecule has 2 aromatic rings. The number of rotatable bonds is 5. The fraction of sp³-hybridized carbons (Fsp3) is 0.133. The molecular weight excluding hydrogens is 343 g/mol. The van der Waals surface area contributed by atoms with Crippen molar-refractivity contribution >= 4 is 33.2 Å². The van der Waals surface area contributed by atoms with Gasteiger partial charge < -0.3 is 5.32 Å². The fourth-order valence-corrected chi connectivity index (χ4v) is 3.36. The van der Waals surface area contributed by atoms with Gasteiger partial charge in [0.05, 0.1) is 11.4 Å². The minimum absolute atomic E-state index is 0.0421. The molecule has 0 bridgehead atoms. The molecule has 0 aliphatic rings. The van der Waals surface area contributed by atoms with Crippen molar-refractivity contribution in [2.45, 2.75) is 11.8 Å². The van der Waals surface area contributed by atoms with E-state index in [4.69, 9.17) is 11.6 Å². The van der Waals surface area contributed by atoms with Gasteiger partial charge in [-0.05, 0) is 48.9 Å². The van der Waals surface area contributed by atoms with Crippen LogP contribution in [0.1, 0.15) is 5.56 Å². The molecule has 8 heteroatoms. The summed E-state index contributed by atoms with van der Waals surface area (Å²) in [6.45, 7) is 1.13. The molecule has 2 rings (SSSR count). The van der Waals surface area contributed by atoms with Crippen molar-refractivity contribution in [1.82, 2.24) is 4.72 Å². The van der Waals surface area contributed by atoms with E-state index < -0.39 is 28.3 Å². The van der Waals surface area contributed by atoms with Gasteiger partial charge in [-0.25, -0.2) is 17.5 Å². The Morgan fingerprint density at radius 3 is 2.61 bits per heavy atom. The molecule has 122 valence electrons. The zero-order chi connectivity index (χ0) is 17.0. The number of aryl methyl sites for hydroxylation is 1. The summed E-state index contributed by atoms with van der Waals surface area (Å²) in [6, 6.07) is 9.64. The number of benzene rings is 2. The average Bonchev–Trinajstić information content (AvgIpc) is 2.45. The molecule has 0 spiro atoms. The van der Waals surface area contributed by atoms with Gasteiger partial charge in [-0.1, -0.05) is 17.7 Å². The monoisotopic (exact) mass is 356 g/mol. The van der Waals surface area contributed by atoms with Gasteiger partial charge in [0.15, 0.2) is 0 Å². The molecule has 0 unspecified atom stereocenters. The maximum Gasteiger partial charge on any atom is 0.241 e. The van der Waals surface area contributed by atoms with Gasteiger partial charge in [-0.2, -0.15) is 0 Å². The van der Waals surface area contributed by atoms with Crippen molar-refractivity contribution in [3.8, 4) is 0 Å². The van der Waals surface area contributed by atoms with E-state index >= 15 is 0 Å². The van der Waals surface area contributed by atoms with E-state index in [1.807, 2.05) is 0 Å². The number of sulfonamides is 1. The number of amides is 1. The van der Waals surface area contributed by atoms with Gasteiger partial charge in [0.2, 0.25) is 15.9 Å². The van der Waals surface area contributed by atoms with Crippen molar-refractivity contribution < 1.29 is 17.6 Å². The van der Waals surface area contributed by atoms with E-state index in [-0.39, 0.29) is 10.6 Å². The molecule has 0 saturated heterocycles. The molecule has 0 fully saturated rings. The van der Waals surface area contributed by atoms with Crippen LogP contribution in [-0.2, 0) is 14.8 Å². The van der Waals surface area contributed by atoms with Crippen molar-refractivity contribution in [2.24, 2.45) is 0 Å². The van der Waals surface area contributed by atoms with Crippen LogP contribution in [-0.4, -0.2) is 20.9 Å². The first-order valence-corrected chi connectivity index (χ1v) is 8.45. The molecule has 0 aromatic heterocycles. The Bertz CT molecular complexity index is 840. The average molecular weight is 357 g/mol. The first-order chi connectivity index (χ1) is 10.8. The van der Waals surface area contributed by atoms with Crippen LogP contribution >= 0.6 is 11.6 Å². The number of carbonyl (C=O) groups is 1. The molecular formula is C15H14ClFN2O3S. The molecule has 23 heavy (non-hydrogen) atoms. The summed E-state index contributed by atoms with van der Waals surface area (Å²) in [5, 5.41) is 2.83. The Kier molecular flexibility index (Phi) is 5.35. The third-order valence-electron chi connectivity index (χ3n) is 2.96. The number of nitrogens with one attached hydrogen (secondary N) is 2. The van der Waals surface area contributed by atoms with Crippen molar-refractivity contribution in [1.29, 1.82) is 0 Å². The Morgan fingerprint density at radius 2 is 1.96 bits per heavy atom. The van der Waals surface area contributed by atoms with E-state index in [2.05, 4.69) is 10.0 Å². The first kappa shape index (κ1) is 17.4. The molecule has 0 aliphatic carbocycles. The number of anilines is 1. The minimum Gasteiger partial charge on any atom is -0.325 e. The summed E-state index contributed by atoms with van der Waals surface area (Å²) in [5.74, 6) is -1.11. The van der Waals surface area contributed by atoms with Crippen LogP contribution in [0.25, 0.3) is 0 Å². The van der Waals surface area contributed by atoms with Crippen LogP contribution in [0.15, 0.2) is 47.4 Å². The van der Waals surface area contributed by atoms with Gasteiger partial charge in [0, 0.05) is 10.7 Å². The second-order valence-electron chi connectivity index (χ2n) is 4.79. The smallest absolute Gasteiger partial charge is 0.241 e. The summed E-state index contributed by atoms with van der Waals surface area (Å²) < 4.78 is 39.6. The van der Waals surface area contributed by atoms with Gasteiger partial charge in [0.1, 0.15) is 5.82 Å². The summed E-state index contributed by atoms with van der Waals surface area (Å²) in [6.07, 6.45) is 0. The predicted octanol–water partition coefficient (Wildman–Crippen LogP) is 2.70. The molecule has 2 aromatic carbocycles. The number of halogens is 2. The summed E-state index contributed by atoms with van der Waals surface area (Å²) >= 11 is 5.79. The zero-order valence-corrected chi connectivity index (χ0v) is 13.7. The minimum atomic E-state index is -3.85. The lowest BCUT2D eigenvalue weighted by Gasteiger charge is -2.10. The predicted molar refractivity (Wildman–Crippen MR) is 86.4 cm³/mol. The van der Waals surface area contributed by atoms with Gasteiger partial charge >= 0.3 is 0 Å². The van der Waals surface area contributed by atoms with Crippen LogP contribution in [0.5, 0.6) is 0 Å². The fourth-order valence-electron chi connectivity index (χ4n) is 1.92. The topological polar surface area (TPSA) is 75.3 Å². The van der Waals surface area contributed by atoms with Crippen LogP contribution < -0.4 is 10.0 Å². The second kappa shape index (κ2) is 7.08. The van der Waals surface area contributed by atoms with E-state index in [0.29, 0.717) is 10.6 Å². The molecule has 0 aliphatic heterocycles. The molecule has 1 amide bonds. The maximum atomic E-state index is 13.0. The second-order valence-corrected chi connectivity index (χ2v) is 6.96. The summed E-state index contributed by atoms with van der Waals surface area (Å²) in [5.41, 5.74) is 0.715. The Hall–Kier alpha value is -1.96. The summed E-state index contributed by atoms with van der Waals surface area (Å²) in [7, 11) is -3.85. The lowest BCUT2D eigenvalue weighted by atomic mass is 10.2. The van der Waals surface area contributed by atoms with Crippen LogP contribution in [0.3, 0.4) is 0 Å². The third kappa shape index (κ3) is 4.75. The van der Waals surface area contributed by atoms with Crippen LogP contribution in [0.2, 0.25) is 5.02 Å². The van der Waals surface area contributed by atoms with Crippen molar-refractivity contribution in [3.63, 3.8) is 0 Å². The molecule has 5 nitrogen and oxygen atoms in total. The van der Waals surface area contributed by atoms with E-state index in [9.17, 15) is 17.6 Å². The van der Waals surface area contributed by atoms with Gasteiger partial charge in [-0.15, -0.1) is 0 Å².